The molecule has 0 aromatic heterocycles. The van der Waals surface area contributed by atoms with E-state index < -0.39 is 18.1 Å². The van der Waals surface area contributed by atoms with E-state index in [1.54, 1.807) is 30.2 Å². The summed E-state index contributed by atoms with van der Waals surface area (Å²) in [6, 6.07) is 9.57. The molecule has 0 spiro atoms. The molecule has 5 nitrogen and oxygen atoms in total. The fourth-order valence-electron chi connectivity index (χ4n) is 2.99. The largest absolute Gasteiger partial charge is 0.465 e. The zero-order valence-corrected chi connectivity index (χ0v) is 13.4. The molecule has 0 fully saturated rings. The molecule has 1 aromatic rings. The maximum absolute atomic E-state index is 12.9. The Kier molecular flexibility index (Phi) is 4.62. The van der Waals surface area contributed by atoms with Gasteiger partial charge in [-0.2, -0.15) is 0 Å². The molecule has 2 aliphatic rings. The number of benzene rings is 1. The number of Topliss-reactive ketones (excluding diaryl/α,β-unsaturated/α-hetero) is 1. The van der Waals surface area contributed by atoms with Crippen molar-refractivity contribution in [3.05, 3.63) is 71.6 Å². The summed E-state index contributed by atoms with van der Waals surface area (Å²) in [6.45, 7) is 1.84. The van der Waals surface area contributed by atoms with Gasteiger partial charge in [0.1, 0.15) is 0 Å². The molecule has 0 saturated heterocycles. The number of fused-ring (bicyclic) bond motifs is 1. The number of carbonyl (C=O) groups excluding carboxylic acids is 2. The van der Waals surface area contributed by atoms with Crippen molar-refractivity contribution in [1.29, 1.82) is 0 Å². The first-order valence-electron chi connectivity index (χ1n) is 7.92. The Hall–Kier alpha value is -2.66. The van der Waals surface area contributed by atoms with Crippen molar-refractivity contribution in [2.75, 3.05) is 6.61 Å². The van der Waals surface area contributed by atoms with E-state index in [4.69, 9.17) is 4.74 Å². The van der Waals surface area contributed by atoms with Crippen LogP contribution in [0.2, 0.25) is 0 Å². The molecule has 2 heterocycles. The van der Waals surface area contributed by atoms with Gasteiger partial charge in [0.15, 0.2) is 17.9 Å². The van der Waals surface area contributed by atoms with Gasteiger partial charge in [-0.3, -0.25) is 9.59 Å². The number of allylic oxidation sites excluding steroid dienone is 4. The first kappa shape index (κ1) is 16.2. The molecule has 3 rings (SSSR count). The Morgan fingerprint density at radius 1 is 1.25 bits per heavy atom. The first-order chi connectivity index (χ1) is 11.6. The van der Waals surface area contributed by atoms with E-state index in [-0.39, 0.29) is 12.4 Å². The SMILES string of the molecule is CCOC(=O)C1C(=O)C(Cc2ccccc2)=C2C=CC=CN2C1O. The lowest BCUT2D eigenvalue weighted by molar-refractivity contribution is -0.160. The minimum Gasteiger partial charge on any atom is -0.465 e. The predicted octanol–water partition coefficient (Wildman–Crippen LogP) is 1.95. The number of nitrogens with zero attached hydrogens (tertiary/aromatic N) is 1. The zero-order chi connectivity index (χ0) is 17.1. The third-order valence-corrected chi connectivity index (χ3v) is 4.13. The van der Waals surface area contributed by atoms with Gasteiger partial charge < -0.3 is 14.7 Å². The molecule has 2 aliphatic heterocycles. The number of ether oxygens (including phenoxy) is 1. The Morgan fingerprint density at radius 3 is 2.71 bits per heavy atom. The molecular weight excluding hydrogens is 306 g/mol. The number of hydrogen-bond acceptors (Lipinski definition) is 5. The van der Waals surface area contributed by atoms with Crippen molar-refractivity contribution in [1.82, 2.24) is 4.90 Å². The molecule has 2 unspecified atom stereocenters. The summed E-state index contributed by atoms with van der Waals surface area (Å²) in [6.07, 6.45) is 6.15. The van der Waals surface area contributed by atoms with E-state index in [1.165, 1.54) is 0 Å². The summed E-state index contributed by atoms with van der Waals surface area (Å²) in [4.78, 5) is 26.7. The van der Waals surface area contributed by atoms with Crippen molar-refractivity contribution in [2.45, 2.75) is 19.6 Å². The van der Waals surface area contributed by atoms with Crippen LogP contribution in [0, 0.1) is 5.92 Å². The van der Waals surface area contributed by atoms with Gasteiger partial charge in [0, 0.05) is 18.2 Å². The summed E-state index contributed by atoms with van der Waals surface area (Å²) in [5.74, 6) is -2.30. The van der Waals surface area contributed by atoms with E-state index in [0.717, 1.165) is 5.56 Å². The van der Waals surface area contributed by atoms with Gasteiger partial charge >= 0.3 is 5.97 Å². The van der Waals surface area contributed by atoms with Crippen molar-refractivity contribution in [3.63, 3.8) is 0 Å². The molecule has 1 N–H and O–H groups in total. The number of aliphatic hydroxyl groups excluding tert-OH is 1. The smallest absolute Gasteiger partial charge is 0.321 e. The summed E-state index contributed by atoms with van der Waals surface area (Å²) < 4.78 is 4.99. The van der Waals surface area contributed by atoms with Gasteiger partial charge in [-0.1, -0.05) is 36.4 Å². The summed E-state index contributed by atoms with van der Waals surface area (Å²) in [5.41, 5.74) is 2.10. The average molecular weight is 325 g/mol. The van der Waals surface area contributed by atoms with Crippen molar-refractivity contribution in [3.8, 4) is 0 Å². The van der Waals surface area contributed by atoms with E-state index in [2.05, 4.69) is 0 Å². The van der Waals surface area contributed by atoms with Crippen molar-refractivity contribution >= 4 is 11.8 Å². The van der Waals surface area contributed by atoms with E-state index in [1.807, 2.05) is 36.4 Å². The summed E-state index contributed by atoms with van der Waals surface area (Å²) in [7, 11) is 0. The molecule has 1 aromatic carbocycles. The third-order valence-electron chi connectivity index (χ3n) is 4.13. The van der Waals surface area contributed by atoms with Crippen LogP contribution in [0.15, 0.2) is 66.0 Å². The maximum Gasteiger partial charge on any atom is 0.321 e. The van der Waals surface area contributed by atoms with Crippen LogP contribution in [-0.4, -0.2) is 34.6 Å². The van der Waals surface area contributed by atoms with Gasteiger partial charge in [0.25, 0.3) is 0 Å². The number of hydrogen-bond donors (Lipinski definition) is 1. The average Bonchev–Trinajstić information content (AvgIpc) is 2.60. The molecule has 2 atom stereocenters. The highest BCUT2D eigenvalue weighted by atomic mass is 16.5. The lowest BCUT2D eigenvalue weighted by Crippen LogP contribution is -2.50. The second-order valence-corrected chi connectivity index (χ2v) is 5.64. The highest BCUT2D eigenvalue weighted by molar-refractivity contribution is 6.10. The highest BCUT2D eigenvalue weighted by Crippen LogP contribution is 2.33. The maximum atomic E-state index is 12.9. The van der Waals surface area contributed by atoms with Crippen LogP contribution in [0.25, 0.3) is 0 Å². The van der Waals surface area contributed by atoms with Crippen molar-refractivity contribution in [2.24, 2.45) is 5.92 Å². The van der Waals surface area contributed by atoms with Crippen molar-refractivity contribution < 1.29 is 19.4 Å². The van der Waals surface area contributed by atoms with Crippen LogP contribution in [0.4, 0.5) is 0 Å². The van der Waals surface area contributed by atoms with Gasteiger partial charge in [-0.05, 0) is 24.6 Å². The molecule has 124 valence electrons. The van der Waals surface area contributed by atoms with Crippen LogP contribution in [0.1, 0.15) is 12.5 Å². The third kappa shape index (κ3) is 2.90. The minimum atomic E-state index is -1.26. The van der Waals surface area contributed by atoms with Gasteiger partial charge in [0.2, 0.25) is 0 Å². The van der Waals surface area contributed by atoms with Crippen LogP contribution in [0.5, 0.6) is 0 Å². The molecule has 24 heavy (non-hydrogen) atoms. The number of rotatable bonds is 4. The lowest BCUT2D eigenvalue weighted by atomic mass is 9.85. The van der Waals surface area contributed by atoms with Crippen LogP contribution < -0.4 is 0 Å². The minimum absolute atomic E-state index is 0.162. The number of carbonyl (C=O) groups is 2. The molecule has 0 bridgehead atoms. The Labute approximate surface area is 140 Å². The van der Waals surface area contributed by atoms with E-state index >= 15 is 0 Å². The molecule has 0 saturated carbocycles. The molecular formula is C19H19NO4. The summed E-state index contributed by atoms with van der Waals surface area (Å²) in [5, 5.41) is 10.5. The Balaban J connectivity index is 2.02. The Morgan fingerprint density at radius 2 is 2.00 bits per heavy atom. The normalized spacial score (nSPS) is 22.6. The molecule has 5 heteroatoms. The number of ketones is 1. The lowest BCUT2D eigenvalue weighted by Gasteiger charge is -2.38. The topological polar surface area (TPSA) is 66.8 Å². The number of esters is 1. The van der Waals surface area contributed by atoms with Gasteiger partial charge in [0.05, 0.1) is 12.3 Å². The molecule has 0 aliphatic carbocycles. The molecule has 0 radical (unpaired) electrons. The zero-order valence-electron chi connectivity index (χ0n) is 13.4. The van der Waals surface area contributed by atoms with Crippen LogP contribution in [-0.2, 0) is 20.7 Å². The fraction of sp³-hybridized carbons (Fsp3) is 0.263. The highest BCUT2D eigenvalue weighted by Gasteiger charge is 2.45. The first-order valence-corrected chi connectivity index (χ1v) is 7.92. The second-order valence-electron chi connectivity index (χ2n) is 5.64. The predicted molar refractivity (Wildman–Crippen MR) is 88.4 cm³/mol. The Bertz CT molecular complexity index is 733. The van der Waals surface area contributed by atoms with Crippen LogP contribution in [0.3, 0.4) is 0 Å². The van der Waals surface area contributed by atoms with E-state index in [0.29, 0.717) is 17.7 Å². The molecule has 0 amide bonds. The number of aliphatic hydroxyl groups is 1. The standard InChI is InChI=1S/C19H19NO4/c1-2-24-19(23)16-17(21)14(12-13-8-4-3-5-9-13)15-10-6-7-11-20(15)18(16)22/h3-11,16,18,22H,2,12H2,1H3. The van der Waals surface area contributed by atoms with Crippen LogP contribution >= 0.6 is 0 Å². The van der Waals surface area contributed by atoms with Gasteiger partial charge in [-0.15, -0.1) is 0 Å². The quantitative estimate of drug-likeness (QED) is 0.677. The van der Waals surface area contributed by atoms with E-state index in [9.17, 15) is 14.7 Å². The fourth-order valence-corrected chi connectivity index (χ4v) is 2.99. The van der Waals surface area contributed by atoms with Gasteiger partial charge in [-0.25, -0.2) is 0 Å². The summed E-state index contributed by atoms with van der Waals surface area (Å²) >= 11 is 0. The second kappa shape index (κ2) is 6.84. The monoisotopic (exact) mass is 325 g/mol.